The van der Waals surface area contributed by atoms with Crippen LogP contribution in [-0.2, 0) is 0 Å². The molecule has 0 aliphatic carbocycles. The Kier molecular flexibility index (Phi) is 10.7. The van der Waals surface area contributed by atoms with Crippen LogP contribution in [0.5, 0.6) is 11.5 Å². The van der Waals surface area contributed by atoms with Crippen molar-refractivity contribution in [2.24, 2.45) is 5.92 Å². The van der Waals surface area contributed by atoms with Gasteiger partial charge in [0, 0.05) is 32.2 Å². The Morgan fingerprint density at radius 2 is 1.87 bits per heavy atom. The molecule has 1 fully saturated rings. The Balaban J connectivity index is 0.00000242. The van der Waals surface area contributed by atoms with Gasteiger partial charge in [-0.2, -0.15) is 0 Å². The number of rotatable bonds is 6. The molecular weight excluding hydrogens is 335 g/mol. The average molecular weight is 365 g/mol. The summed E-state index contributed by atoms with van der Waals surface area (Å²) in [5, 5.41) is 13.3. The van der Waals surface area contributed by atoms with E-state index in [1.165, 1.54) is 5.56 Å². The van der Waals surface area contributed by atoms with Crippen LogP contribution < -0.4 is 10.1 Å². The second kappa shape index (κ2) is 11.0. The van der Waals surface area contributed by atoms with Crippen LogP contribution in [-0.4, -0.2) is 42.8 Å². The molecule has 0 saturated carbocycles. The van der Waals surface area contributed by atoms with Crippen LogP contribution in [0, 0.1) is 5.92 Å². The molecule has 23 heavy (non-hydrogen) atoms. The smallest absolute Gasteiger partial charge is 0.161 e. The number of nitrogens with zero attached hydrogens (tertiary/aromatic N) is 1. The highest BCUT2D eigenvalue weighted by Crippen LogP contribution is 2.34. The maximum absolute atomic E-state index is 9.89. The van der Waals surface area contributed by atoms with E-state index in [2.05, 4.69) is 24.1 Å². The van der Waals surface area contributed by atoms with Gasteiger partial charge in [-0.15, -0.1) is 24.8 Å². The average Bonchev–Trinajstić information content (AvgIpc) is 2.48. The third-order valence-electron chi connectivity index (χ3n) is 3.96. The number of benzene rings is 1. The Bertz CT molecular complexity index is 452. The van der Waals surface area contributed by atoms with Gasteiger partial charge in [-0.25, -0.2) is 0 Å². The van der Waals surface area contributed by atoms with Crippen LogP contribution in [0.15, 0.2) is 18.2 Å². The first-order chi connectivity index (χ1) is 10.1. The van der Waals surface area contributed by atoms with E-state index in [0.717, 1.165) is 32.6 Å². The first-order valence-electron chi connectivity index (χ1n) is 8.02. The van der Waals surface area contributed by atoms with Gasteiger partial charge in [0.05, 0.1) is 6.61 Å². The molecule has 1 aromatic rings. The van der Waals surface area contributed by atoms with Crippen molar-refractivity contribution in [3.8, 4) is 11.5 Å². The van der Waals surface area contributed by atoms with Gasteiger partial charge in [0.2, 0.25) is 0 Å². The molecule has 0 aromatic heterocycles. The summed E-state index contributed by atoms with van der Waals surface area (Å²) in [6.45, 7) is 11.3. The number of hydrogen-bond acceptors (Lipinski definition) is 4. The summed E-state index contributed by atoms with van der Waals surface area (Å²) >= 11 is 0. The summed E-state index contributed by atoms with van der Waals surface area (Å²) in [5.41, 5.74) is 1.24. The number of aromatic hydroxyl groups is 1. The van der Waals surface area contributed by atoms with Crippen molar-refractivity contribution in [2.75, 3.05) is 32.8 Å². The first kappa shape index (κ1) is 22.3. The lowest BCUT2D eigenvalue weighted by Crippen LogP contribution is -2.45. The number of hydrogen-bond donors (Lipinski definition) is 2. The van der Waals surface area contributed by atoms with Gasteiger partial charge < -0.3 is 15.2 Å². The van der Waals surface area contributed by atoms with Crippen LogP contribution in [0.1, 0.15) is 38.8 Å². The summed E-state index contributed by atoms with van der Waals surface area (Å²) < 4.78 is 5.54. The zero-order valence-electron chi connectivity index (χ0n) is 14.2. The second-order valence-corrected chi connectivity index (χ2v) is 6.09. The molecule has 0 radical (unpaired) electrons. The van der Waals surface area contributed by atoms with Crippen LogP contribution in [0.2, 0.25) is 0 Å². The molecule has 0 amide bonds. The van der Waals surface area contributed by atoms with E-state index in [1.54, 1.807) is 6.07 Å². The molecule has 1 aliphatic rings. The Hall–Kier alpha value is -0.680. The Morgan fingerprint density at radius 1 is 1.22 bits per heavy atom. The number of phenolic OH excluding ortho intramolecular Hbond substituents is 1. The van der Waals surface area contributed by atoms with Crippen molar-refractivity contribution in [1.29, 1.82) is 0 Å². The minimum Gasteiger partial charge on any atom is -0.504 e. The molecular formula is C17H30Cl2N2O2. The van der Waals surface area contributed by atoms with Crippen LogP contribution in [0.25, 0.3) is 0 Å². The SMILES string of the molecule is CCOc1cc([C@@H](CC(C)C)N2CCNCC2)ccc1O.Cl.Cl. The predicted octanol–water partition coefficient (Wildman–Crippen LogP) is 3.63. The van der Waals surface area contributed by atoms with E-state index < -0.39 is 0 Å². The van der Waals surface area contributed by atoms with Gasteiger partial charge in [-0.05, 0) is 37.0 Å². The molecule has 1 heterocycles. The van der Waals surface area contributed by atoms with Crippen LogP contribution >= 0.6 is 24.8 Å². The summed E-state index contributed by atoms with van der Waals surface area (Å²) in [6.07, 6.45) is 1.12. The zero-order chi connectivity index (χ0) is 15.2. The third-order valence-corrected chi connectivity index (χ3v) is 3.96. The summed E-state index contributed by atoms with van der Waals surface area (Å²) in [5.74, 6) is 1.46. The number of ether oxygens (including phenoxy) is 1. The molecule has 1 aliphatic heterocycles. The van der Waals surface area contributed by atoms with Gasteiger partial charge >= 0.3 is 0 Å². The minimum absolute atomic E-state index is 0. The fourth-order valence-electron chi connectivity index (χ4n) is 2.95. The molecule has 0 spiro atoms. The largest absolute Gasteiger partial charge is 0.504 e. The zero-order valence-corrected chi connectivity index (χ0v) is 15.9. The van der Waals surface area contributed by atoms with E-state index >= 15 is 0 Å². The fourth-order valence-corrected chi connectivity index (χ4v) is 2.95. The molecule has 134 valence electrons. The summed E-state index contributed by atoms with van der Waals surface area (Å²) in [6, 6.07) is 6.20. The number of phenols is 1. The molecule has 0 unspecified atom stereocenters. The Labute approximate surface area is 152 Å². The van der Waals surface area contributed by atoms with E-state index in [9.17, 15) is 5.11 Å². The lowest BCUT2D eigenvalue weighted by Gasteiger charge is -2.36. The summed E-state index contributed by atoms with van der Waals surface area (Å²) in [7, 11) is 0. The quantitative estimate of drug-likeness (QED) is 0.808. The molecule has 2 rings (SSSR count). The topological polar surface area (TPSA) is 44.7 Å². The molecule has 4 nitrogen and oxygen atoms in total. The standard InChI is InChI=1S/C17H28N2O2.2ClH/c1-4-21-17-12-14(5-6-16(17)20)15(11-13(2)3)19-9-7-18-8-10-19;;/h5-6,12-13,15,18,20H,4,7-11H2,1-3H3;2*1H/t15-;;/m1../s1. The minimum atomic E-state index is 0. The van der Waals surface area contributed by atoms with E-state index in [0.29, 0.717) is 24.3 Å². The number of halogens is 2. The fraction of sp³-hybridized carbons (Fsp3) is 0.647. The predicted molar refractivity (Wildman–Crippen MR) is 100 cm³/mol. The molecule has 1 aromatic carbocycles. The maximum Gasteiger partial charge on any atom is 0.161 e. The van der Waals surface area contributed by atoms with Crippen molar-refractivity contribution < 1.29 is 9.84 Å². The Morgan fingerprint density at radius 3 is 2.43 bits per heavy atom. The van der Waals surface area contributed by atoms with Crippen molar-refractivity contribution >= 4 is 24.8 Å². The van der Waals surface area contributed by atoms with Crippen molar-refractivity contribution in [3.05, 3.63) is 23.8 Å². The van der Waals surface area contributed by atoms with Crippen molar-refractivity contribution in [3.63, 3.8) is 0 Å². The number of nitrogens with one attached hydrogen (secondary N) is 1. The monoisotopic (exact) mass is 364 g/mol. The first-order valence-corrected chi connectivity index (χ1v) is 8.02. The highest BCUT2D eigenvalue weighted by atomic mass is 35.5. The highest BCUT2D eigenvalue weighted by molar-refractivity contribution is 5.85. The van der Waals surface area contributed by atoms with E-state index in [-0.39, 0.29) is 30.6 Å². The lowest BCUT2D eigenvalue weighted by atomic mass is 9.94. The van der Waals surface area contributed by atoms with E-state index in [4.69, 9.17) is 4.74 Å². The van der Waals surface area contributed by atoms with Crippen molar-refractivity contribution in [2.45, 2.75) is 33.2 Å². The molecule has 0 bridgehead atoms. The lowest BCUT2D eigenvalue weighted by molar-refractivity contribution is 0.153. The maximum atomic E-state index is 9.89. The van der Waals surface area contributed by atoms with E-state index in [1.807, 2.05) is 19.1 Å². The van der Waals surface area contributed by atoms with Crippen LogP contribution in [0.4, 0.5) is 0 Å². The molecule has 6 heteroatoms. The van der Waals surface area contributed by atoms with Crippen LogP contribution in [0.3, 0.4) is 0 Å². The van der Waals surface area contributed by atoms with Gasteiger partial charge in [-0.1, -0.05) is 19.9 Å². The molecule has 1 atom stereocenters. The van der Waals surface area contributed by atoms with Gasteiger partial charge in [-0.3, -0.25) is 4.90 Å². The molecule has 1 saturated heterocycles. The van der Waals surface area contributed by atoms with Crippen molar-refractivity contribution in [1.82, 2.24) is 10.2 Å². The second-order valence-electron chi connectivity index (χ2n) is 6.09. The summed E-state index contributed by atoms with van der Waals surface area (Å²) in [4.78, 5) is 2.54. The number of piperazine rings is 1. The van der Waals surface area contributed by atoms with Gasteiger partial charge in [0.1, 0.15) is 0 Å². The normalized spacial score (nSPS) is 16.3. The van der Waals surface area contributed by atoms with Gasteiger partial charge in [0.25, 0.3) is 0 Å². The van der Waals surface area contributed by atoms with Gasteiger partial charge in [0.15, 0.2) is 11.5 Å². The highest BCUT2D eigenvalue weighted by Gasteiger charge is 2.23. The third kappa shape index (κ3) is 6.38. The molecule has 2 N–H and O–H groups in total.